The summed E-state index contributed by atoms with van der Waals surface area (Å²) in [5.74, 6) is -0.133. The standard InChI is InChI=1S/C94H136N12O18/c1-13-62(6)59-104-75(90-79(118-10)36-26-38-81(90)121-46-48-123-87(111)57-96-85(109)52-69(44-41-66-30-21-17-22-31-66)99-93(114)72-53-74(105(102-72)60-64(14-2)15-3)89-77(116-8)34-25-35-78(89)117-9)54-71(101-104)92(113)98-68(43-40-65-28-19-16-20-29-65)51-84(108)97-58-88(112)124-49-47-122-82-39-27-37-80(119-11)91(82)76-55-73(103-106(76)63(7)61(4)5)94(115)100-70(45-42-67-32-23-18-24-33-67)50-83(107)95-56-86(110)120-12/h25-27,34-39,53-55,61-70H,13-24,28-33,40-52,56-60H2,1-12H3,(H,95,107)(H,96,109)(H,97,108)(H,98,113)(H,99,114)(H,100,115)/t62?,63?,68-,69-,70-/m0/s1. The molecule has 6 amide bonds. The molecule has 3 heterocycles. The summed E-state index contributed by atoms with van der Waals surface area (Å²) in [7, 11) is 7.48. The summed E-state index contributed by atoms with van der Waals surface area (Å²) in [6.07, 6.45) is 23.2. The van der Waals surface area contributed by atoms with Crippen molar-refractivity contribution in [3.63, 3.8) is 0 Å². The van der Waals surface area contributed by atoms with Crippen LogP contribution in [0.5, 0.6) is 34.5 Å². The fourth-order valence-electron chi connectivity index (χ4n) is 16.8. The molecule has 0 saturated heterocycles. The van der Waals surface area contributed by atoms with E-state index in [2.05, 4.69) is 59.6 Å². The van der Waals surface area contributed by atoms with E-state index in [0.29, 0.717) is 124 Å². The SMILES string of the molecule is CCC(C)Cn1nc(C(=O)N[C@@H](CCC2CCCCC2)CC(=O)NCC(=O)OCCOc2cccc(OC)c2-c2cc(C(=O)N[C@@H](CCC3CCCCC3)CC(=O)NCC(=O)OC)nn2C(C)C(C)C)cc1-c1c(OC)cccc1OCCOC(=O)CNC(=O)C[C@H](CCC1CCCCC1)NC(=O)c1cc(-c2c(OC)cccc2OC)n(CC(CC)CC)n1. The Bertz CT molecular complexity index is 4410. The molecule has 30 heteroatoms. The Labute approximate surface area is 731 Å². The van der Waals surface area contributed by atoms with Crippen molar-refractivity contribution in [2.24, 2.45) is 35.5 Å². The number of methoxy groups -OCH3 is 5. The third kappa shape index (κ3) is 29.2. The molecule has 680 valence electrons. The Morgan fingerprint density at radius 3 is 1.10 bits per heavy atom. The summed E-state index contributed by atoms with van der Waals surface area (Å²) >= 11 is 0. The topological polar surface area (TPSA) is 362 Å². The molecule has 6 aromatic rings. The molecule has 2 unspecified atom stereocenters. The number of hydrogen-bond donors (Lipinski definition) is 6. The highest BCUT2D eigenvalue weighted by molar-refractivity contribution is 5.97. The van der Waals surface area contributed by atoms with Crippen molar-refractivity contribution >= 4 is 53.4 Å². The Morgan fingerprint density at radius 2 is 0.750 bits per heavy atom. The second kappa shape index (κ2) is 50.3. The van der Waals surface area contributed by atoms with Crippen LogP contribution >= 0.6 is 0 Å². The first kappa shape index (κ1) is 97.1. The summed E-state index contributed by atoms with van der Waals surface area (Å²) in [6, 6.07) is 19.2. The Balaban J connectivity index is 0.807. The van der Waals surface area contributed by atoms with Crippen LogP contribution in [0.25, 0.3) is 33.8 Å². The van der Waals surface area contributed by atoms with Gasteiger partial charge < -0.3 is 74.5 Å². The van der Waals surface area contributed by atoms with E-state index in [1.807, 2.05) is 43.7 Å². The summed E-state index contributed by atoms with van der Waals surface area (Å²) in [6.45, 7) is 13.7. The van der Waals surface area contributed by atoms with E-state index in [1.165, 1.54) is 34.2 Å². The monoisotopic (exact) mass is 1720 g/mol. The molecule has 3 fully saturated rings. The van der Waals surface area contributed by atoms with Gasteiger partial charge in [-0.3, -0.25) is 57.2 Å². The molecule has 0 spiro atoms. The highest BCUT2D eigenvalue weighted by atomic mass is 16.6. The number of esters is 3. The minimum Gasteiger partial charge on any atom is -0.496 e. The van der Waals surface area contributed by atoms with Crippen molar-refractivity contribution in [2.75, 3.05) is 81.6 Å². The lowest BCUT2D eigenvalue weighted by Crippen LogP contribution is -2.41. The molecule has 3 aliphatic carbocycles. The second-order valence-electron chi connectivity index (χ2n) is 33.9. The molecule has 3 aliphatic rings. The number of hydrogen-bond acceptors (Lipinski definition) is 21. The van der Waals surface area contributed by atoms with Gasteiger partial charge in [-0.05, 0) is 136 Å². The minimum atomic E-state index is -0.717. The molecule has 0 bridgehead atoms. The quantitative estimate of drug-likeness (QED) is 0.0117. The lowest BCUT2D eigenvalue weighted by Gasteiger charge is -2.24. The maximum Gasteiger partial charge on any atom is 0.325 e. The van der Waals surface area contributed by atoms with Crippen molar-refractivity contribution in [1.82, 2.24) is 61.2 Å². The maximum atomic E-state index is 14.7. The fraction of sp³-hybridized carbons (Fsp3) is 0.617. The molecule has 0 radical (unpaired) electrons. The average Bonchev–Trinajstić information content (AvgIpc) is 1.62. The molecule has 3 aromatic carbocycles. The smallest absolute Gasteiger partial charge is 0.325 e. The summed E-state index contributed by atoms with van der Waals surface area (Å²) in [4.78, 5) is 123. The molecule has 5 atom stereocenters. The van der Waals surface area contributed by atoms with E-state index in [4.69, 9.17) is 57.9 Å². The van der Waals surface area contributed by atoms with Crippen LogP contribution in [0.3, 0.4) is 0 Å². The van der Waals surface area contributed by atoms with Crippen molar-refractivity contribution in [1.29, 1.82) is 0 Å². The van der Waals surface area contributed by atoms with Gasteiger partial charge >= 0.3 is 17.9 Å². The molecule has 6 N–H and O–H groups in total. The zero-order chi connectivity index (χ0) is 89.0. The highest BCUT2D eigenvalue weighted by Crippen LogP contribution is 2.44. The average molecular weight is 1720 g/mol. The molecular formula is C94H136N12O18. The number of aromatic nitrogens is 6. The van der Waals surface area contributed by atoms with Crippen LogP contribution in [0.2, 0.25) is 0 Å². The van der Waals surface area contributed by atoms with Crippen LogP contribution in [0.1, 0.15) is 259 Å². The second-order valence-corrected chi connectivity index (χ2v) is 33.9. The lowest BCUT2D eigenvalue weighted by atomic mass is 9.85. The van der Waals surface area contributed by atoms with Gasteiger partial charge in [0.05, 0.1) is 75.4 Å². The molecule has 9 rings (SSSR count). The van der Waals surface area contributed by atoms with Crippen LogP contribution < -0.4 is 60.3 Å². The first-order chi connectivity index (χ1) is 60.0. The highest BCUT2D eigenvalue weighted by Gasteiger charge is 2.33. The molecule has 0 aliphatic heterocycles. The number of rotatable bonds is 51. The zero-order valence-corrected chi connectivity index (χ0v) is 75.2. The molecule has 124 heavy (non-hydrogen) atoms. The molecule has 3 saturated carbocycles. The zero-order valence-electron chi connectivity index (χ0n) is 75.2. The fourth-order valence-corrected chi connectivity index (χ4v) is 16.8. The van der Waals surface area contributed by atoms with Crippen LogP contribution in [-0.4, -0.2) is 182 Å². The van der Waals surface area contributed by atoms with Gasteiger partial charge in [-0.15, -0.1) is 0 Å². The Hall–Kier alpha value is -10.7. The molecule has 30 nitrogen and oxygen atoms in total. The Morgan fingerprint density at radius 1 is 0.411 bits per heavy atom. The predicted octanol–water partition coefficient (Wildman–Crippen LogP) is 14.3. The third-order valence-corrected chi connectivity index (χ3v) is 24.7. The van der Waals surface area contributed by atoms with Gasteiger partial charge in [0.15, 0.2) is 17.1 Å². The van der Waals surface area contributed by atoms with Gasteiger partial charge in [-0.1, -0.05) is 175 Å². The van der Waals surface area contributed by atoms with Gasteiger partial charge in [-0.2, -0.15) is 15.3 Å². The van der Waals surface area contributed by atoms with Crippen LogP contribution in [0.15, 0.2) is 72.8 Å². The van der Waals surface area contributed by atoms with Crippen LogP contribution in [0.4, 0.5) is 0 Å². The summed E-state index contributed by atoms with van der Waals surface area (Å²) in [5.41, 5.74) is 3.78. The number of carbonyl (C=O) groups excluding carboxylic acids is 9. The van der Waals surface area contributed by atoms with Gasteiger partial charge in [0, 0.05) is 50.5 Å². The molecular weight excluding hydrogens is 1590 g/mol. The number of ether oxygens (including phenoxy) is 9. The lowest BCUT2D eigenvalue weighted by molar-refractivity contribution is -0.145. The van der Waals surface area contributed by atoms with Gasteiger partial charge in [-0.25, -0.2) is 0 Å². The normalized spacial score (nSPS) is 15.1. The maximum absolute atomic E-state index is 14.7. The first-order valence-corrected chi connectivity index (χ1v) is 45.1. The number of nitrogens with zero attached hydrogens (tertiary/aromatic N) is 6. The van der Waals surface area contributed by atoms with Gasteiger partial charge in [0.25, 0.3) is 17.7 Å². The van der Waals surface area contributed by atoms with E-state index in [0.717, 1.165) is 122 Å². The third-order valence-electron chi connectivity index (χ3n) is 24.7. The van der Waals surface area contributed by atoms with E-state index in [9.17, 15) is 43.2 Å². The summed E-state index contributed by atoms with van der Waals surface area (Å²) < 4.78 is 57.5. The van der Waals surface area contributed by atoms with Crippen molar-refractivity contribution < 1.29 is 85.8 Å². The number of benzene rings is 3. The van der Waals surface area contributed by atoms with Gasteiger partial charge in [0.2, 0.25) is 17.7 Å². The first-order valence-electron chi connectivity index (χ1n) is 45.1. The number of amides is 6. The number of nitrogens with one attached hydrogen (secondary N) is 6. The van der Waals surface area contributed by atoms with Crippen molar-refractivity contribution in [3.8, 4) is 68.3 Å². The van der Waals surface area contributed by atoms with Gasteiger partial charge in [0.1, 0.15) is 80.6 Å². The van der Waals surface area contributed by atoms with E-state index in [-0.39, 0.29) is 87.2 Å². The van der Waals surface area contributed by atoms with Crippen LogP contribution in [0, 0.1) is 35.5 Å². The number of carbonyl (C=O) groups is 9. The molecule has 3 aromatic heterocycles. The van der Waals surface area contributed by atoms with Crippen molar-refractivity contribution in [2.45, 2.75) is 259 Å². The van der Waals surface area contributed by atoms with E-state index < -0.39 is 84.6 Å². The van der Waals surface area contributed by atoms with Crippen molar-refractivity contribution in [3.05, 3.63) is 89.9 Å². The van der Waals surface area contributed by atoms with Crippen LogP contribution in [-0.2, 0) is 56.1 Å². The largest absolute Gasteiger partial charge is 0.496 e. The summed E-state index contributed by atoms with van der Waals surface area (Å²) in [5, 5.41) is 32.0. The van der Waals surface area contributed by atoms with E-state index in [1.54, 1.807) is 78.2 Å². The predicted molar refractivity (Wildman–Crippen MR) is 471 cm³/mol. The minimum absolute atomic E-state index is 0.0452. The van der Waals surface area contributed by atoms with E-state index >= 15 is 0 Å². The Kier molecular flexibility index (Phi) is 39.4.